The Morgan fingerprint density at radius 1 is 1.33 bits per heavy atom. The van der Waals surface area contributed by atoms with Crippen molar-refractivity contribution in [1.82, 2.24) is 5.32 Å². The van der Waals surface area contributed by atoms with Gasteiger partial charge in [-0.3, -0.25) is 4.99 Å². The fraction of sp³-hybridized carbons (Fsp3) is 0.667. The molecular formula is C15H22N2S. The van der Waals surface area contributed by atoms with E-state index in [1.165, 1.54) is 43.5 Å². The molecule has 2 aliphatic rings. The highest BCUT2D eigenvalue weighted by Gasteiger charge is 2.31. The van der Waals surface area contributed by atoms with Crippen LogP contribution in [-0.4, -0.2) is 18.4 Å². The van der Waals surface area contributed by atoms with Gasteiger partial charge < -0.3 is 5.32 Å². The summed E-state index contributed by atoms with van der Waals surface area (Å²) in [5, 5.41) is 8.06. The Morgan fingerprint density at radius 3 is 2.78 bits per heavy atom. The van der Waals surface area contributed by atoms with Crippen LogP contribution in [0.5, 0.6) is 0 Å². The maximum atomic E-state index is 4.83. The van der Waals surface area contributed by atoms with Crippen molar-refractivity contribution in [2.24, 2.45) is 10.9 Å². The number of hydrogen-bond acceptors (Lipinski definition) is 3. The van der Waals surface area contributed by atoms with Crippen molar-refractivity contribution in [2.45, 2.75) is 51.0 Å². The molecule has 0 spiro atoms. The number of amidine groups is 1. The molecule has 0 bridgehead atoms. The zero-order chi connectivity index (χ0) is 12.4. The lowest BCUT2D eigenvalue weighted by atomic mass is 9.77. The average Bonchev–Trinajstić information content (AvgIpc) is 3.04. The van der Waals surface area contributed by atoms with E-state index in [0.29, 0.717) is 12.0 Å². The van der Waals surface area contributed by atoms with Crippen LogP contribution in [0.3, 0.4) is 0 Å². The second kappa shape index (κ2) is 5.43. The van der Waals surface area contributed by atoms with Gasteiger partial charge in [0.25, 0.3) is 0 Å². The zero-order valence-corrected chi connectivity index (χ0v) is 11.9. The number of hydrogen-bond donors (Lipinski definition) is 1. The largest absolute Gasteiger partial charge is 0.371 e. The number of thiophene rings is 1. The predicted molar refractivity (Wildman–Crippen MR) is 78.5 cm³/mol. The van der Waals surface area contributed by atoms with Crippen LogP contribution in [0.25, 0.3) is 0 Å². The molecule has 3 heteroatoms. The molecule has 1 fully saturated rings. The molecule has 1 N–H and O–H groups in total. The van der Waals surface area contributed by atoms with E-state index in [1.807, 2.05) is 11.3 Å². The first-order valence-corrected chi connectivity index (χ1v) is 8.12. The topological polar surface area (TPSA) is 24.4 Å². The van der Waals surface area contributed by atoms with E-state index in [4.69, 9.17) is 4.99 Å². The van der Waals surface area contributed by atoms with Crippen LogP contribution >= 0.6 is 11.3 Å². The molecule has 0 aromatic carbocycles. The molecule has 2 nitrogen and oxygen atoms in total. The molecule has 0 amide bonds. The molecule has 0 saturated heterocycles. The molecular weight excluding hydrogens is 240 g/mol. The SMILES string of the molecule is C[C@@H]1CNC(C(c2ccsc2)C2CCCCC2)=N1. The van der Waals surface area contributed by atoms with Gasteiger partial charge in [-0.2, -0.15) is 11.3 Å². The highest BCUT2D eigenvalue weighted by Crippen LogP contribution is 2.38. The van der Waals surface area contributed by atoms with Crippen LogP contribution < -0.4 is 5.32 Å². The van der Waals surface area contributed by atoms with E-state index in [0.717, 1.165) is 12.5 Å². The fourth-order valence-corrected chi connectivity index (χ4v) is 4.04. The second-order valence-corrected chi connectivity index (χ2v) is 6.46. The van der Waals surface area contributed by atoms with Crippen LogP contribution in [0.1, 0.15) is 50.5 Å². The van der Waals surface area contributed by atoms with Gasteiger partial charge in [0.15, 0.2) is 0 Å². The third-order valence-corrected chi connectivity index (χ3v) is 4.96. The average molecular weight is 262 g/mol. The van der Waals surface area contributed by atoms with E-state index < -0.39 is 0 Å². The molecule has 1 unspecified atom stereocenters. The molecule has 1 aliphatic heterocycles. The summed E-state index contributed by atoms with van der Waals surface area (Å²) in [7, 11) is 0. The second-order valence-electron chi connectivity index (χ2n) is 5.68. The first-order valence-electron chi connectivity index (χ1n) is 7.18. The Kier molecular flexibility index (Phi) is 3.69. The quantitative estimate of drug-likeness (QED) is 0.880. The summed E-state index contributed by atoms with van der Waals surface area (Å²) in [6.45, 7) is 3.22. The van der Waals surface area contributed by atoms with E-state index in [9.17, 15) is 0 Å². The Bertz CT molecular complexity index is 404. The van der Waals surface area contributed by atoms with Gasteiger partial charge in [-0.05, 0) is 48.1 Å². The van der Waals surface area contributed by atoms with Crippen molar-refractivity contribution in [3.63, 3.8) is 0 Å². The fourth-order valence-electron chi connectivity index (χ4n) is 3.34. The monoisotopic (exact) mass is 262 g/mol. The van der Waals surface area contributed by atoms with Crippen molar-refractivity contribution in [1.29, 1.82) is 0 Å². The van der Waals surface area contributed by atoms with Crippen molar-refractivity contribution >= 4 is 17.2 Å². The summed E-state index contributed by atoms with van der Waals surface area (Å²) in [6.07, 6.45) is 6.95. The summed E-state index contributed by atoms with van der Waals surface area (Å²) < 4.78 is 0. The van der Waals surface area contributed by atoms with E-state index in [-0.39, 0.29) is 0 Å². The summed E-state index contributed by atoms with van der Waals surface area (Å²) in [4.78, 5) is 4.83. The van der Waals surface area contributed by atoms with Gasteiger partial charge >= 0.3 is 0 Å². The predicted octanol–water partition coefficient (Wildman–Crippen LogP) is 3.80. The molecule has 3 rings (SSSR count). The highest BCUT2D eigenvalue weighted by atomic mass is 32.1. The van der Waals surface area contributed by atoms with Gasteiger partial charge in [0.1, 0.15) is 5.84 Å². The first kappa shape index (κ1) is 12.2. The lowest BCUT2D eigenvalue weighted by Gasteiger charge is -2.30. The molecule has 0 radical (unpaired) electrons. The van der Waals surface area contributed by atoms with Crippen molar-refractivity contribution < 1.29 is 0 Å². The van der Waals surface area contributed by atoms with Crippen LogP contribution in [0.4, 0.5) is 0 Å². The third kappa shape index (κ3) is 2.46. The van der Waals surface area contributed by atoms with Crippen LogP contribution in [0.2, 0.25) is 0 Å². The van der Waals surface area contributed by atoms with Crippen molar-refractivity contribution in [3.05, 3.63) is 22.4 Å². The first-order chi connectivity index (χ1) is 8.84. The summed E-state index contributed by atoms with van der Waals surface area (Å²) in [5.41, 5.74) is 1.48. The molecule has 2 atom stereocenters. The minimum atomic E-state index is 0.449. The van der Waals surface area contributed by atoms with E-state index in [2.05, 4.69) is 29.1 Å². The summed E-state index contributed by atoms with van der Waals surface area (Å²) in [5.74, 6) is 2.58. The van der Waals surface area contributed by atoms with E-state index in [1.54, 1.807) is 0 Å². The van der Waals surface area contributed by atoms with Gasteiger partial charge in [0.05, 0.1) is 6.04 Å². The smallest absolute Gasteiger partial charge is 0.105 e. The molecule has 1 saturated carbocycles. The van der Waals surface area contributed by atoms with Gasteiger partial charge in [-0.1, -0.05) is 19.3 Å². The number of nitrogens with zero attached hydrogens (tertiary/aromatic N) is 1. The van der Waals surface area contributed by atoms with Gasteiger partial charge in [0, 0.05) is 12.5 Å². The van der Waals surface area contributed by atoms with Crippen molar-refractivity contribution in [2.75, 3.05) is 6.54 Å². The van der Waals surface area contributed by atoms with Crippen molar-refractivity contribution in [3.8, 4) is 0 Å². The Hall–Kier alpha value is -0.830. The van der Waals surface area contributed by atoms with Crippen LogP contribution in [0.15, 0.2) is 21.8 Å². The number of aliphatic imine (C=N–C) groups is 1. The lowest BCUT2D eigenvalue weighted by molar-refractivity contribution is 0.340. The number of rotatable bonds is 3. The maximum Gasteiger partial charge on any atom is 0.105 e. The van der Waals surface area contributed by atoms with Crippen LogP contribution in [-0.2, 0) is 0 Å². The summed E-state index contributed by atoms with van der Waals surface area (Å²) >= 11 is 1.81. The zero-order valence-electron chi connectivity index (χ0n) is 11.1. The molecule has 2 heterocycles. The maximum absolute atomic E-state index is 4.83. The minimum Gasteiger partial charge on any atom is -0.371 e. The molecule has 1 aromatic rings. The van der Waals surface area contributed by atoms with Gasteiger partial charge in [-0.25, -0.2) is 0 Å². The van der Waals surface area contributed by atoms with E-state index >= 15 is 0 Å². The summed E-state index contributed by atoms with van der Waals surface area (Å²) in [6, 6.07) is 2.74. The van der Waals surface area contributed by atoms with Crippen LogP contribution in [0, 0.1) is 5.92 Å². The normalized spacial score (nSPS) is 26.7. The molecule has 1 aromatic heterocycles. The lowest BCUT2D eigenvalue weighted by Crippen LogP contribution is -2.31. The molecule has 1 aliphatic carbocycles. The van der Waals surface area contributed by atoms with Gasteiger partial charge in [0.2, 0.25) is 0 Å². The minimum absolute atomic E-state index is 0.449. The standard InChI is InChI=1S/C15H22N2S/c1-11-9-16-15(17-11)14(13-7-8-18-10-13)12-5-3-2-4-6-12/h7-8,10-12,14H,2-6,9H2,1H3,(H,16,17)/t11-,14?/m1/s1. The Morgan fingerprint density at radius 2 is 2.17 bits per heavy atom. The number of nitrogens with one attached hydrogen (secondary N) is 1. The molecule has 98 valence electrons. The highest BCUT2D eigenvalue weighted by molar-refractivity contribution is 7.08. The third-order valence-electron chi connectivity index (χ3n) is 4.26. The van der Waals surface area contributed by atoms with Gasteiger partial charge in [-0.15, -0.1) is 0 Å². The Labute approximate surface area is 114 Å². The molecule has 18 heavy (non-hydrogen) atoms. The Balaban J connectivity index is 1.86.